The lowest BCUT2D eigenvalue weighted by Crippen LogP contribution is -2.54. The minimum atomic E-state index is 0.0870. The fourth-order valence-electron chi connectivity index (χ4n) is 3.58. The van der Waals surface area contributed by atoms with Gasteiger partial charge in [0, 0.05) is 32.4 Å². The number of hydrogen-bond acceptors (Lipinski definition) is 3. The normalized spacial score (nSPS) is 22.3. The van der Waals surface area contributed by atoms with Crippen LogP contribution in [0.15, 0.2) is 12.5 Å². The molecule has 0 N–H and O–H groups in total. The van der Waals surface area contributed by atoms with E-state index in [0.717, 1.165) is 32.0 Å². The fraction of sp³-hybridized carbons (Fsp3) is 0.733. The molecule has 5 heteroatoms. The molecule has 2 heterocycles. The summed E-state index contributed by atoms with van der Waals surface area (Å²) >= 11 is 0. The summed E-state index contributed by atoms with van der Waals surface area (Å²) in [6, 6.07) is 0.744. The van der Waals surface area contributed by atoms with Crippen molar-refractivity contribution in [2.24, 2.45) is 12.5 Å². The van der Waals surface area contributed by atoms with Crippen LogP contribution in [0.2, 0.25) is 0 Å². The Labute approximate surface area is 120 Å². The summed E-state index contributed by atoms with van der Waals surface area (Å²) in [7, 11) is 6.22. The highest BCUT2D eigenvalue weighted by molar-refractivity contribution is 5.92. The molecule has 1 saturated heterocycles. The van der Waals surface area contributed by atoms with Gasteiger partial charge in [0.2, 0.25) is 0 Å². The van der Waals surface area contributed by atoms with Crippen LogP contribution in [-0.4, -0.2) is 58.5 Å². The van der Waals surface area contributed by atoms with Crippen molar-refractivity contribution in [2.45, 2.75) is 31.7 Å². The maximum atomic E-state index is 12.3. The maximum absolute atomic E-state index is 12.3. The van der Waals surface area contributed by atoms with E-state index in [1.807, 2.05) is 16.5 Å². The molecule has 0 unspecified atom stereocenters. The Balaban J connectivity index is 1.56. The summed E-state index contributed by atoms with van der Waals surface area (Å²) in [6.45, 7) is 1.77. The van der Waals surface area contributed by atoms with Crippen LogP contribution in [0.4, 0.5) is 0 Å². The van der Waals surface area contributed by atoms with Crippen molar-refractivity contribution in [1.82, 2.24) is 19.4 Å². The number of piperidine rings is 1. The first-order valence-electron chi connectivity index (χ1n) is 7.43. The molecule has 0 radical (unpaired) electrons. The Hall–Kier alpha value is -1.36. The first-order chi connectivity index (χ1) is 9.49. The smallest absolute Gasteiger partial charge is 0.274 e. The summed E-state index contributed by atoms with van der Waals surface area (Å²) in [6.07, 6.45) is 8.38. The molecule has 1 aliphatic carbocycles. The highest BCUT2D eigenvalue weighted by Crippen LogP contribution is 2.50. The van der Waals surface area contributed by atoms with E-state index >= 15 is 0 Å². The number of nitrogens with zero attached hydrogens (tertiary/aromatic N) is 4. The summed E-state index contributed by atoms with van der Waals surface area (Å²) in [4.78, 5) is 20.8. The molecule has 1 saturated carbocycles. The molecule has 0 bridgehead atoms. The largest absolute Gasteiger partial charge is 0.340 e. The average Bonchev–Trinajstić information content (AvgIpc) is 2.82. The van der Waals surface area contributed by atoms with E-state index in [1.165, 1.54) is 12.8 Å². The van der Waals surface area contributed by atoms with Crippen LogP contribution >= 0.6 is 0 Å². The standard InChI is InChI=1S/C15H24N4O/c1-17(2)12-8-15(9-12)4-6-19(7-5-15)14(20)13-10-18(3)11-16-13/h10-12H,4-9H2,1-3H3. The first kappa shape index (κ1) is 13.6. The summed E-state index contributed by atoms with van der Waals surface area (Å²) in [5, 5.41) is 0. The van der Waals surface area contributed by atoms with Crippen LogP contribution in [-0.2, 0) is 7.05 Å². The second-order valence-corrected chi connectivity index (χ2v) is 6.74. The molecule has 110 valence electrons. The van der Waals surface area contributed by atoms with E-state index in [2.05, 4.69) is 24.0 Å². The molecular weight excluding hydrogens is 252 g/mol. The number of aryl methyl sites for hydroxylation is 1. The van der Waals surface area contributed by atoms with Gasteiger partial charge in [-0.05, 0) is 45.2 Å². The van der Waals surface area contributed by atoms with Gasteiger partial charge in [0.15, 0.2) is 0 Å². The third kappa shape index (κ3) is 2.35. The second-order valence-electron chi connectivity index (χ2n) is 6.74. The minimum Gasteiger partial charge on any atom is -0.340 e. The van der Waals surface area contributed by atoms with Gasteiger partial charge in [-0.1, -0.05) is 0 Å². The zero-order valence-corrected chi connectivity index (χ0v) is 12.7. The van der Waals surface area contributed by atoms with Crippen LogP contribution in [0.25, 0.3) is 0 Å². The van der Waals surface area contributed by atoms with E-state index in [9.17, 15) is 4.79 Å². The number of amides is 1. The van der Waals surface area contributed by atoms with Crippen LogP contribution in [0.1, 0.15) is 36.2 Å². The quantitative estimate of drug-likeness (QED) is 0.819. The van der Waals surface area contributed by atoms with Gasteiger partial charge in [-0.2, -0.15) is 0 Å². The van der Waals surface area contributed by atoms with E-state index < -0.39 is 0 Å². The van der Waals surface area contributed by atoms with Crippen LogP contribution < -0.4 is 0 Å². The van der Waals surface area contributed by atoms with E-state index in [-0.39, 0.29) is 5.91 Å². The van der Waals surface area contributed by atoms with Gasteiger partial charge in [0.05, 0.1) is 6.33 Å². The van der Waals surface area contributed by atoms with Gasteiger partial charge in [-0.25, -0.2) is 4.98 Å². The predicted octanol–water partition coefficient (Wildman–Crippen LogP) is 1.37. The third-order valence-electron chi connectivity index (χ3n) is 5.10. The maximum Gasteiger partial charge on any atom is 0.274 e. The second kappa shape index (κ2) is 4.88. The van der Waals surface area contributed by atoms with Gasteiger partial charge in [0.1, 0.15) is 5.69 Å². The summed E-state index contributed by atoms with van der Waals surface area (Å²) in [5.74, 6) is 0.0870. The van der Waals surface area contributed by atoms with Crippen molar-refractivity contribution in [3.8, 4) is 0 Å². The fourth-order valence-corrected chi connectivity index (χ4v) is 3.58. The average molecular weight is 276 g/mol. The lowest BCUT2D eigenvalue weighted by atomic mass is 9.60. The Bertz CT molecular complexity index is 492. The van der Waals surface area contributed by atoms with Crippen molar-refractivity contribution in [3.63, 3.8) is 0 Å². The molecule has 1 spiro atoms. The highest BCUT2D eigenvalue weighted by Gasteiger charge is 2.47. The van der Waals surface area contributed by atoms with Gasteiger partial charge >= 0.3 is 0 Å². The number of likely N-dealkylation sites (tertiary alicyclic amines) is 1. The minimum absolute atomic E-state index is 0.0870. The zero-order valence-electron chi connectivity index (χ0n) is 12.7. The van der Waals surface area contributed by atoms with Gasteiger partial charge in [-0.15, -0.1) is 0 Å². The summed E-state index contributed by atoms with van der Waals surface area (Å²) in [5.41, 5.74) is 1.08. The Morgan fingerprint density at radius 1 is 1.35 bits per heavy atom. The number of aromatic nitrogens is 2. The summed E-state index contributed by atoms with van der Waals surface area (Å²) < 4.78 is 1.83. The lowest BCUT2D eigenvalue weighted by molar-refractivity contribution is -0.0232. The molecular formula is C15H24N4O. The van der Waals surface area contributed by atoms with E-state index in [4.69, 9.17) is 0 Å². The van der Waals surface area contributed by atoms with Crippen LogP contribution in [0, 0.1) is 5.41 Å². The number of imidazole rings is 1. The van der Waals surface area contributed by atoms with Crippen molar-refractivity contribution in [2.75, 3.05) is 27.2 Å². The molecule has 0 atom stereocenters. The van der Waals surface area contributed by atoms with Gasteiger partial charge < -0.3 is 14.4 Å². The van der Waals surface area contributed by atoms with Crippen molar-refractivity contribution in [3.05, 3.63) is 18.2 Å². The molecule has 2 fully saturated rings. The molecule has 1 aromatic rings. The Kier molecular flexibility index (Phi) is 3.32. The van der Waals surface area contributed by atoms with Crippen LogP contribution in [0.3, 0.4) is 0 Å². The molecule has 2 aliphatic rings. The number of carbonyl (C=O) groups excluding carboxylic acids is 1. The number of rotatable bonds is 2. The first-order valence-corrected chi connectivity index (χ1v) is 7.43. The van der Waals surface area contributed by atoms with Gasteiger partial charge in [-0.3, -0.25) is 4.79 Å². The van der Waals surface area contributed by atoms with Crippen molar-refractivity contribution < 1.29 is 4.79 Å². The van der Waals surface area contributed by atoms with Crippen molar-refractivity contribution in [1.29, 1.82) is 0 Å². The third-order valence-corrected chi connectivity index (χ3v) is 5.10. The lowest BCUT2D eigenvalue weighted by Gasteiger charge is -2.54. The number of hydrogen-bond donors (Lipinski definition) is 0. The molecule has 1 aliphatic heterocycles. The molecule has 5 nitrogen and oxygen atoms in total. The predicted molar refractivity (Wildman–Crippen MR) is 77.5 cm³/mol. The van der Waals surface area contributed by atoms with Crippen molar-refractivity contribution >= 4 is 5.91 Å². The van der Waals surface area contributed by atoms with E-state index in [1.54, 1.807) is 12.5 Å². The molecule has 0 aromatic carbocycles. The monoisotopic (exact) mass is 276 g/mol. The molecule has 1 aromatic heterocycles. The van der Waals surface area contributed by atoms with Crippen LogP contribution in [0.5, 0.6) is 0 Å². The molecule has 3 rings (SSSR count). The Morgan fingerprint density at radius 3 is 2.50 bits per heavy atom. The van der Waals surface area contributed by atoms with Gasteiger partial charge in [0.25, 0.3) is 5.91 Å². The molecule has 1 amide bonds. The SMILES string of the molecule is CN(C)C1CC2(CCN(C(=O)c3cn(C)cn3)CC2)C1. The topological polar surface area (TPSA) is 41.4 Å². The molecule has 20 heavy (non-hydrogen) atoms. The number of carbonyl (C=O) groups is 1. The van der Waals surface area contributed by atoms with E-state index in [0.29, 0.717) is 11.1 Å². The Morgan fingerprint density at radius 2 is 2.00 bits per heavy atom. The highest BCUT2D eigenvalue weighted by atomic mass is 16.2. The zero-order chi connectivity index (χ0) is 14.3.